The lowest BCUT2D eigenvalue weighted by atomic mass is 10.2. The summed E-state index contributed by atoms with van der Waals surface area (Å²) in [7, 11) is 1.61. The zero-order chi connectivity index (χ0) is 22.1. The Bertz CT molecular complexity index is 1020. The van der Waals surface area contributed by atoms with E-state index in [1.807, 2.05) is 60.0 Å². The predicted octanol–water partition coefficient (Wildman–Crippen LogP) is 3.77. The van der Waals surface area contributed by atoms with Crippen LogP contribution < -0.4 is 14.8 Å². The van der Waals surface area contributed by atoms with Gasteiger partial charge < -0.3 is 14.8 Å². The number of aryl methyl sites for hydroxylation is 1. The maximum absolute atomic E-state index is 12.2. The number of carbonyl (C=O) groups is 1. The smallest absolute Gasteiger partial charge is 0.230 e. The van der Waals surface area contributed by atoms with Crippen molar-refractivity contribution in [2.75, 3.05) is 12.9 Å². The second-order valence-electron chi connectivity index (χ2n) is 6.79. The van der Waals surface area contributed by atoms with E-state index in [4.69, 9.17) is 9.47 Å². The van der Waals surface area contributed by atoms with Crippen molar-refractivity contribution in [3.8, 4) is 11.5 Å². The van der Waals surface area contributed by atoms with Gasteiger partial charge in [-0.2, -0.15) is 0 Å². The van der Waals surface area contributed by atoms with Crippen LogP contribution in [0.3, 0.4) is 0 Å². The molecule has 0 spiro atoms. The van der Waals surface area contributed by atoms with Crippen LogP contribution in [0.25, 0.3) is 0 Å². The molecule has 0 saturated carbocycles. The molecule has 0 fully saturated rings. The lowest BCUT2D eigenvalue weighted by molar-refractivity contribution is -0.118. The molecule has 1 heterocycles. The van der Waals surface area contributed by atoms with Gasteiger partial charge in [-0.15, -0.1) is 16.8 Å². The Balaban J connectivity index is 1.59. The number of nitrogens with one attached hydrogen (secondary N) is 1. The molecule has 31 heavy (non-hydrogen) atoms. The third kappa shape index (κ3) is 6.36. The summed E-state index contributed by atoms with van der Waals surface area (Å²) in [5, 5.41) is 12.0. The van der Waals surface area contributed by atoms with E-state index in [0.29, 0.717) is 35.6 Å². The first-order valence-electron chi connectivity index (χ1n) is 9.84. The van der Waals surface area contributed by atoms with Crippen LogP contribution in [0.15, 0.2) is 66.3 Å². The molecule has 1 aromatic heterocycles. The van der Waals surface area contributed by atoms with Gasteiger partial charge in [0.25, 0.3) is 0 Å². The Morgan fingerprint density at radius 2 is 2.00 bits per heavy atom. The summed E-state index contributed by atoms with van der Waals surface area (Å²) in [5.74, 6) is 2.13. The molecule has 0 unspecified atom stereocenters. The van der Waals surface area contributed by atoms with Gasteiger partial charge in [-0.25, -0.2) is 0 Å². The maximum atomic E-state index is 12.2. The van der Waals surface area contributed by atoms with Crippen LogP contribution in [0.4, 0.5) is 0 Å². The number of aromatic nitrogens is 3. The van der Waals surface area contributed by atoms with Gasteiger partial charge in [0.05, 0.1) is 12.9 Å². The minimum Gasteiger partial charge on any atom is -0.493 e. The molecule has 0 aliphatic heterocycles. The number of allylic oxidation sites excluding steroid dienone is 1. The number of rotatable bonds is 11. The highest BCUT2D eigenvalue weighted by atomic mass is 32.2. The first-order chi connectivity index (χ1) is 15.1. The van der Waals surface area contributed by atoms with Crippen molar-refractivity contribution < 1.29 is 14.3 Å². The molecular formula is C23H26N4O3S. The van der Waals surface area contributed by atoms with Gasteiger partial charge in [0.1, 0.15) is 6.61 Å². The molecule has 162 valence electrons. The summed E-state index contributed by atoms with van der Waals surface area (Å²) in [6.07, 6.45) is 1.76. The summed E-state index contributed by atoms with van der Waals surface area (Å²) in [6, 6.07) is 15.5. The van der Waals surface area contributed by atoms with E-state index in [9.17, 15) is 4.79 Å². The van der Waals surface area contributed by atoms with E-state index in [1.54, 1.807) is 13.2 Å². The summed E-state index contributed by atoms with van der Waals surface area (Å²) >= 11 is 1.33. The van der Waals surface area contributed by atoms with Crippen LogP contribution in [0.2, 0.25) is 0 Å². The lowest BCUT2D eigenvalue weighted by Gasteiger charge is -2.12. The minimum absolute atomic E-state index is 0.0656. The number of ether oxygens (including phenoxy) is 2. The Kier molecular flexibility index (Phi) is 8.12. The molecule has 0 radical (unpaired) electrons. The summed E-state index contributed by atoms with van der Waals surface area (Å²) in [6.45, 7) is 7.04. The summed E-state index contributed by atoms with van der Waals surface area (Å²) in [4.78, 5) is 12.2. The Morgan fingerprint density at radius 1 is 1.19 bits per heavy atom. The van der Waals surface area contributed by atoms with Crippen molar-refractivity contribution in [2.24, 2.45) is 0 Å². The lowest BCUT2D eigenvalue weighted by Crippen LogP contribution is -2.24. The van der Waals surface area contributed by atoms with Gasteiger partial charge in [0, 0.05) is 13.1 Å². The number of hydrogen-bond acceptors (Lipinski definition) is 6. The third-order valence-corrected chi connectivity index (χ3v) is 5.41. The summed E-state index contributed by atoms with van der Waals surface area (Å²) in [5.41, 5.74) is 2.14. The first kappa shape index (κ1) is 22.4. The SMILES string of the molecule is C=CCn1c(COc2ccc(C)cc2OC)nnc1SCC(=O)NCc1ccccc1. The number of methoxy groups -OCH3 is 1. The van der Waals surface area contributed by atoms with Crippen molar-refractivity contribution in [1.29, 1.82) is 0 Å². The summed E-state index contributed by atoms with van der Waals surface area (Å²) < 4.78 is 13.2. The molecular weight excluding hydrogens is 412 g/mol. The Hall–Kier alpha value is -3.26. The topological polar surface area (TPSA) is 78.3 Å². The van der Waals surface area contributed by atoms with Gasteiger partial charge in [-0.1, -0.05) is 54.2 Å². The maximum Gasteiger partial charge on any atom is 0.230 e. The monoisotopic (exact) mass is 438 g/mol. The number of hydrogen-bond donors (Lipinski definition) is 1. The van der Waals surface area contributed by atoms with Crippen LogP contribution in [0.5, 0.6) is 11.5 Å². The van der Waals surface area contributed by atoms with E-state index in [1.165, 1.54) is 11.8 Å². The number of amides is 1. The van der Waals surface area contributed by atoms with E-state index < -0.39 is 0 Å². The Morgan fingerprint density at radius 3 is 2.74 bits per heavy atom. The fraction of sp³-hybridized carbons (Fsp3) is 0.261. The molecule has 8 heteroatoms. The zero-order valence-electron chi connectivity index (χ0n) is 17.7. The van der Waals surface area contributed by atoms with Crippen molar-refractivity contribution in [2.45, 2.75) is 31.8 Å². The van der Waals surface area contributed by atoms with E-state index in [0.717, 1.165) is 11.1 Å². The molecule has 0 atom stereocenters. The molecule has 7 nitrogen and oxygen atoms in total. The molecule has 3 aromatic rings. The van der Waals surface area contributed by atoms with Crippen LogP contribution in [-0.2, 0) is 24.5 Å². The quantitative estimate of drug-likeness (QED) is 0.363. The zero-order valence-corrected chi connectivity index (χ0v) is 18.5. The Labute approximate surface area is 186 Å². The van der Waals surface area contributed by atoms with Crippen molar-refractivity contribution in [3.63, 3.8) is 0 Å². The van der Waals surface area contributed by atoms with Crippen LogP contribution in [0.1, 0.15) is 17.0 Å². The van der Waals surface area contributed by atoms with E-state index >= 15 is 0 Å². The molecule has 0 bridgehead atoms. The second kappa shape index (κ2) is 11.2. The van der Waals surface area contributed by atoms with E-state index in [2.05, 4.69) is 22.1 Å². The highest BCUT2D eigenvalue weighted by Crippen LogP contribution is 2.28. The average Bonchev–Trinajstić information content (AvgIpc) is 3.17. The second-order valence-corrected chi connectivity index (χ2v) is 7.73. The molecule has 2 aromatic carbocycles. The largest absolute Gasteiger partial charge is 0.493 e. The molecule has 0 aliphatic carbocycles. The predicted molar refractivity (Wildman–Crippen MR) is 121 cm³/mol. The average molecular weight is 439 g/mol. The fourth-order valence-corrected chi connectivity index (χ4v) is 3.66. The molecule has 1 amide bonds. The van der Waals surface area contributed by atoms with Gasteiger partial charge in [-0.05, 0) is 30.2 Å². The highest BCUT2D eigenvalue weighted by molar-refractivity contribution is 7.99. The minimum atomic E-state index is -0.0656. The normalized spacial score (nSPS) is 10.5. The third-order valence-electron chi connectivity index (χ3n) is 4.45. The fourth-order valence-electron chi connectivity index (χ4n) is 2.86. The van der Waals surface area contributed by atoms with Gasteiger partial charge in [-0.3, -0.25) is 9.36 Å². The number of carbonyl (C=O) groups excluding carboxylic acids is 1. The van der Waals surface area contributed by atoms with Gasteiger partial charge in [0.2, 0.25) is 5.91 Å². The molecule has 0 aliphatic rings. The van der Waals surface area contributed by atoms with E-state index in [-0.39, 0.29) is 18.3 Å². The van der Waals surface area contributed by atoms with Gasteiger partial charge >= 0.3 is 0 Å². The van der Waals surface area contributed by atoms with Crippen molar-refractivity contribution in [3.05, 3.63) is 78.1 Å². The molecule has 3 rings (SSSR count). The van der Waals surface area contributed by atoms with Crippen molar-refractivity contribution in [1.82, 2.24) is 20.1 Å². The highest BCUT2D eigenvalue weighted by Gasteiger charge is 2.15. The standard InChI is InChI=1S/C23H26N4O3S/c1-4-12-27-21(15-30-19-11-10-17(2)13-20(19)29-3)25-26-23(27)31-16-22(28)24-14-18-8-6-5-7-9-18/h4-11,13H,1,12,14-16H2,2-3H3,(H,24,28). The van der Waals surface area contributed by atoms with Crippen LogP contribution in [0, 0.1) is 6.92 Å². The number of benzene rings is 2. The molecule has 0 saturated heterocycles. The molecule has 1 N–H and O–H groups in total. The number of nitrogens with zero attached hydrogens (tertiary/aromatic N) is 3. The van der Waals surface area contributed by atoms with Crippen LogP contribution in [-0.4, -0.2) is 33.5 Å². The number of thioether (sulfide) groups is 1. The first-order valence-corrected chi connectivity index (χ1v) is 10.8. The van der Waals surface area contributed by atoms with Crippen LogP contribution >= 0.6 is 11.8 Å². The van der Waals surface area contributed by atoms with Gasteiger partial charge in [0.15, 0.2) is 22.5 Å². The van der Waals surface area contributed by atoms with Crippen molar-refractivity contribution >= 4 is 17.7 Å².